The van der Waals surface area contributed by atoms with Crippen molar-refractivity contribution in [2.24, 2.45) is 0 Å². The van der Waals surface area contributed by atoms with Crippen LogP contribution in [-0.4, -0.2) is 13.4 Å². The Hall–Kier alpha value is -1.78. The lowest BCUT2D eigenvalue weighted by atomic mass is 10.2. The van der Waals surface area contributed by atoms with Crippen LogP contribution in [-0.2, 0) is 6.54 Å². The normalized spacial score (nSPS) is 12.3. The zero-order valence-electron chi connectivity index (χ0n) is 12.7. The fraction of sp³-hybridized carbons (Fsp3) is 0.294. The number of halogens is 2. The van der Waals surface area contributed by atoms with E-state index in [0.717, 1.165) is 29.2 Å². The van der Waals surface area contributed by atoms with Crippen LogP contribution in [0.1, 0.15) is 18.9 Å². The summed E-state index contributed by atoms with van der Waals surface area (Å²) >= 11 is 12.5. The molecule has 0 spiro atoms. The molecule has 0 aliphatic carbocycles. The van der Waals surface area contributed by atoms with Gasteiger partial charge in [-0.2, -0.15) is 0 Å². The Kier molecular flexibility index (Phi) is 5.03. The van der Waals surface area contributed by atoms with Gasteiger partial charge < -0.3 is 19.5 Å². The Morgan fingerprint density at radius 2 is 1.83 bits per heavy atom. The second kappa shape index (κ2) is 7.20. The summed E-state index contributed by atoms with van der Waals surface area (Å²) in [5.74, 6) is 2.05. The number of hydrogen-bond acceptors (Lipinski definition) is 4. The first kappa shape index (κ1) is 16.1. The van der Waals surface area contributed by atoms with E-state index in [1.54, 1.807) is 0 Å². The van der Waals surface area contributed by atoms with Gasteiger partial charge in [-0.05, 0) is 36.2 Å². The van der Waals surface area contributed by atoms with Crippen molar-refractivity contribution in [1.82, 2.24) is 0 Å². The Morgan fingerprint density at radius 1 is 1.09 bits per heavy atom. The van der Waals surface area contributed by atoms with Gasteiger partial charge in [0.1, 0.15) is 0 Å². The third-order valence-electron chi connectivity index (χ3n) is 3.38. The molecule has 1 aliphatic heterocycles. The second-order valence-corrected chi connectivity index (χ2v) is 5.97. The van der Waals surface area contributed by atoms with Crippen molar-refractivity contribution in [1.29, 1.82) is 0 Å². The van der Waals surface area contributed by atoms with Crippen molar-refractivity contribution in [2.75, 3.05) is 18.7 Å². The van der Waals surface area contributed by atoms with Crippen LogP contribution >= 0.6 is 23.2 Å². The SMILES string of the molecule is CCCOc1c(Cl)cc(CNc2ccc3c(c2)OCO3)cc1Cl. The Bertz CT molecular complexity index is 683. The first-order valence-corrected chi connectivity index (χ1v) is 8.17. The van der Waals surface area contributed by atoms with Crippen LogP contribution in [0.15, 0.2) is 30.3 Å². The van der Waals surface area contributed by atoms with Gasteiger partial charge in [-0.1, -0.05) is 30.1 Å². The Balaban J connectivity index is 1.68. The largest absolute Gasteiger partial charge is 0.490 e. The zero-order valence-corrected chi connectivity index (χ0v) is 14.2. The average molecular weight is 354 g/mol. The number of nitrogens with one attached hydrogen (secondary N) is 1. The molecular formula is C17H17Cl2NO3. The molecule has 0 saturated heterocycles. The van der Waals surface area contributed by atoms with Crippen LogP contribution in [0.3, 0.4) is 0 Å². The molecule has 122 valence electrons. The minimum absolute atomic E-state index is 0.267. The lowest BCUT2D eigenvalue weighted by molar-refractivity contribution is 0.174. The molecule has 4 nitrogen and oxygen atoms in total. The van der Waals surface area contributed by atoms with Crippen LogP contribution in [0, 0.1) is 0 Å². The van der Waals surface area contributed by atoms with Crippen LogP contribution in [0.25, 0.3) is 0 Å². The van der Waals surface area contributed by atoms with E-state index in [1.165, 1.54) is 0 Å². The summed E-state index contributed by atoms with van der Waals surface area (Å²) in [5, 5.41) is 4.36. The minimum atomic E-state index is 0.267. The second-order valence-electron chi connectivity index (χ2n) is 5.16. The van der Waals surface area contributed by atoms with Gasteiger partial charge in [-0.15, -0.1) is 0 Å². The van der Waals surface area contributed by atoms with Gasteiger partial charge in [-0.25, -0.2) is 0 Å². The summed E-state index contributed by atoms with van der Waals surface area (Å²) in [5.41, 5.74) is 1.91. The highest BCUT2D eigenvalue weighted by Crippen LogP contribution is 2.36. The van der Waals surface area contributed by atoms with E-state index in [0.29, 0.717) is 28.9 Å². The highest BCUT2D eigenvalue weighted by molar-refractivity contribution is 6.37. The van der Waals surface area contributed by atoms with E-state index in [1.807, 2.05) is 37.3 Å². The van der Waals surface area contributed by atoms with Crippen molar-refractivity contribution in [2.45, 2.75) is 19.9 Å². The molecule has 23 heavy (non-hydrogen) atoms. The van der Waals surface area contributed by atoms with Gasteiger partial charge in [0.15, 0.2) is 17.2 Å². The third-order valence-corrected chi connectivity index (χ3v) is 3.94. The predicted molar refractivity (Wildman–Crippen MR) is 92.1 cm³/mol. The van der Waals surface area contributed by atoms with Gasteiger partial charge in [0, 0.05) is 18.3 Å². The highest BCUT2D eigenvalue weighted by atomic mass is 35.5. The Morgan fingerprint density at radius 3 is 2.57 bits per heavy atom. The van der Waals surface area contributed by atoms with E-state index >= 15 is 0 Å². The van der Waals surface area contributed by atoms with Crippen molar-refractivity contribution in [3.8, 4) is 17.2 Å². The molecule has 0 aromatic heterocycles. The van der Waals surface area contributed by atoms with E-state index in [4.69, 9.17) is 37.4 Å². The summed E-state index contributed by atoms with van der Waals surface area (Å²) < 4.78 is 16.2. The van der Waals surface area contributed by atoms with Crippen molar-refractivity contribution >= 4 is 28.9 Å². The zero-order chi connectivity index (χ0) is 16.2. The topological polar surface area (TPSA) is 39.7 Å². The molecule has 1 heterocycles. The number of hydrogen-bond donors (Lipinski definition) is 1. The quantitative estimate of drug-likeness (QED) is 0.781. The summed E-state index contributed by atoms with van der Waals surface area (Å²) in [6.07, 6.45) is 0.903. The molecule has 2 aromatic carbocycles. The summed E-state index contributed by atoms with van der Waals surface area (Å²) in [6.45, 7) is 3.48. The molecular weight excluding hydrogens is 337 g/mol. The number of anilines is 1. The lowest BCUT2D eigenvalue weighted by Gasteiger charge is -2.12. The maximum absolute atomic E-state index is 6.26. The molecule has 0 fully saturated rings. The predicted octanol–water partition coefficient (Wildman–Crippen LogP) is 5.12. The van der Waals surface area contributed by atoms with Crippen LogP contribution in [0.4, 0.5) is 5.69 Å². The summed E-state index contributed by atoms with van der Waals surface area (Å²) in [6, 6.07) is 9.45. The highest BCUT2D eigenvalue weighted by Gasteiger charge is 2.13. The molecule has 0 unspecified atom stereocenters. The van der Waals surface area contributed by atoms with Crippen LogP contribution in [0.2, 0.25) is 10.0 Å². The molecule has 0 radical (unpaired) electrons. The summed E-state index contributed by atoms with van der Waals surface area (Å²) in [7, 11) is 0. The molecule has 1 aliphatic rings. The molecule has 0 atom stereocenters. The number of ether oxygens (including phenoxy) is 3. The first-order valence-electron chi connectivity index (χ1n) is 7.41. The third kappa shape index (κ3) is 3.77. The van der Waals surface area contributed by atoms with E-state index in [2.05, 4.69) is 5.32 Å². The van der Waals surface area contributed by atoms with Gasteiger partial charge in [0.25, 0.3) is 0 Å². The molecule has 3 rings (SSSR count). The minimum Gasteiger partial charge on any atom is -0.490 e. The van der Waals surface area contributed by atoms with Crippen molar-refractivity contribution in [3.63, 3.8) is 0 Å². The van der Waals surface area contributed by atoms with E-state index in [-0.39, 0.29) is 6.79 Å². The van der Waals surface area contributed by atoms with Crippen LogP contribution in [0.5, 0.6) is 17.2 Å². The number of benzene rings is 2. The van der Waals surface area contributed by atoms with Gasteiger partial charge in [-0.3, -0.25) is 0 Å². The molecule has 0 bridgehead atoms. The van der Waals surface area contributed by atoms with Crippen molar-refractivity contribution < 1.29 is 14.2 Å². The lowest BCUT2D eigenvalue weighted by Crippen LogP contribution is -2.01. The standard InChI is InChI=1S/C17H17Cl2NO3/c1-2-5-21-17-13(18)6-11(7-14(17)19)9-20-12-3-4-15-16(8-12)23-10-22-15/h3-4,6-8,20H,2,5,9-10H2,1H3. The summed E-state index contributed by atoms with van der Waals surface area (Å²) in [4.78, 5) is 0. The van der Waals surface area contributed by atoms with Crippen LogP contribution < -0.4 is 19.5 Å². The van der Waals surface area contributed by atoms with E-state index < -0.39 is 0 Å². The average Bonchev–Trinajstić information content (AvgIpc) is 3.00. The fourth-order valence-electron chi connectivity index (χ4n) is 2.27. The Labute approximate surface area is 145 Å². The molecule has 6 heteroatoms. The van der Waals surface area contributed by atoms with E-state index in [9.17, 15) is 0 Å². The molecule has 2 aromatic rings. The van der Waals surface area contributed by atoms with Gasteiger partial charge in [0.2, 0.25) is 6.79 Å². The fourth-order valence-corrected chi connectivity index (χ4v) is 2.91. The maximum atomic E-state index is 6.26. The number of rotatable bonds is 6. The molecule has 1 N–H and O–H groups in total. The van der Waals surface area contributed by atoms with Gasteiger partial charge in [0.05, 0.1) is 16.7 Å². The first-order chi connectivity index (χ1) is 11.2. The van der Waals surface area contributed by atoms with Gasteiger partial charge >= 0.3 is 0 Å². The smallest absolute Gasteiger partial charge is 0.231 e. The maximum Gasteiger partial charge on any atom is 0.231 e. The number of fused-ring (bicyclic) bond motifs is 1. The molecule has 0 saturated carbocycles. The van der Waals surface area contributed by atoms with Crippen molar-refractivity contribution in [3.05, 3.63) is 45.9 Å². The monoisotopic (exact) mass is 353 g/mol. The molecule has 0 amide bonds.